The van der Waals surface area contributed by atoms with Crippen LogP contribution in [0.3, 0.4) is 0 Å². The lowest BCUT2D eigenvalue weighted by Gasteiger charge is -2.41. The van der Waals surface area contributed by atoms with E-state index in [0.29, 0.717) is 0 Å². The predicted molar refractivity (Wildman–Crippen MR) is 297 cm³/mol. The summed E-state index contributed by atoms with van der Waals surface area (Å²) in [7, 11) is 0. The third kappa shape index (κ3) is 6.34. The van der Waals surface area contributed by atoms with E-state index in [0.717, 1.165) is 28.1 Å². The molecule has 10 aromatic rings. The van der Waals surface area contributed by atoms with Crippen LogP contribution in [-0.4, -0.2) is 16.0 Å². The standard InChI is InChI=1S/C64H66BN3O/c1-60(2,3)37-24-27-42(28-25-37)68-57-44-22-19-23-48(64(13,14)15)58(44)69-59(57)47-34-40(63(10,11)12)36-52-54(47)65(68)49-35-39(62(7,8)9)33-46-53-51(67(52)55(46)49)31-29-43-45-32-38(61(4,5)6)26-30-50(45)66(56(43)53)41-20-17-16-18-21-41/h16-36H,1-15H3. The first-order valence-corrected chi connectivity index (χ1v) is 25.2. The van der Waals surface area contributed by atoms with Gasteiger partial charge in [-0.25, -0.2) is 0 Å². The molecule has 0 spiro atoms. The Morgan fingerprint density at radius 2 is 1.06 bits per heavy atom. The highest BCUT2D eigenvalue weighted by Gasteiger charge is 2.48. The van der Waals surface area contributed by atoms with Crippen LogP contribution in [0.4, 0.5) is 11.4 Å². The van der Waals surface area contributed by atoms with Crippen molar-refractivity contribution in [3.05, 3.63) is 155 Å². The average molecular weight is 904 g/mol. The van der Waals surface area contributed by atoms with Crippen LogP contribution in [0.1, 0.15) is 132 Å². The molecule has 0 aliphatic carbocycles. The van der Waals surface area contributed by atoms with Crippen molar-refractivity contribution < 1.29 is 4.42 Å². The van der Waals surface area contributed by atoms with Gasteiger partial charge in [-0.15, -0.1) is 0 Å². The lowest BCUT2D eigenvalue weighted by Crippen LogP contribution is -2.60. The Morgan fingerprint density at radius 3 is 1.71 bits per heavy atom. The quantitative estimate of drug-likeness (QED) is 0.162. The summed E-state index contributed by atoms with van der Waals surface area (Å²) in [5, 5.41) is 6.31. The molecular formula is C64H66BN3O. The number of furan rings is 1. The first-order chi connectivity index (χ1) is 32.4. The molecule has 0 fully saturated rings. The number of para-hydroxylation sites is 2. The summed E-state index contributed by atoms with van der Waals surface area (Å²) in [6, 6.07) is 49.4. The second-order valence-corrected chi connectivity index (χ2v) is 25.5. The van der Waals surface area contributed by atoms with Crippen LogP contribution in [0.5, 0.6) is 0 Å². The van der Waals surface area contributed by atoms with Crippen molar-refractivity contribution in [1.82, 2.24) is 9.13 Å². The summed E-state index contributed by atoms with van der Waals surface area (Å²) in [4.78, 5) is 2.66. The zero-order chi connectivity index (χ0) is 48.6. The molecule has 0 bridgehead atoms. The molecule has 0 atom stereocenters. The van der Waals surface area contributed by atoms with E-state index in [2.05, 4.69) is 245 Å². The minimum absolute atomic E-state index is 0.00398. The van der Waals surface area contributed by atoms with Crippen LogP contribution in [0.25, 0.3) is 77.3 Å². The van der Waals surface area contributed by atoms with Gasteiger partial charge >= 0.3 is 6.85 Å². The first kappa shape index (κ1) is 43.8. The molecule has 2 aliphatic rings. The number of nitrogens with zero attached hydrogens (tertiary/aromatic N) is 3. The fourth-order valence-electron chi connectivity index (χ4n) is 11.8. The van der Waals surface area contributed by atoms with Crippen LogP contribution >= 0.6 is 0 Å². The van der Waals surface area contributed by atoms with Gasteiger partial charge in [0.2, 0.25) is 0 Å². The van der Waals surface area contributed by atoms with E-state index in [1.54, 1.807) is 0 Å². The van der Waals surface area contributed by atoms with Crippen LogP contribution in [-0.2, 0) is 27.1 Å². The molecule has 5 heteroatoms. The lowest BCUT2D eigenvalue weighted by molar-refractivity contribution is 0.564. The van der Waals surface area contributed by atoms with Crippen molar-refractivity contribution in [2.24, 2.45) is 0 Å². The predicted octanol–water partition coefficient (Wildman–Crippen LogP) is 16.4. The van der Waals surface area contributed by atoms with E-state index < -0.39 is 0 Å². The third-order valence-corrected chi connectivity index (χ3v) is 15.6. The molecule has 5 heterocycles. The largest absolute Gasteiger partial charge is 0.454 e. The van der Waals surface area contributed by atoms with Gasteiger partial charge in [0.05, 0.1) is 27.8 Å². The molecule has 2 aliphatic heterocycles. The second-order valence-electron chi connectivity index (χ2n) is 25.5. The van der Waals surface area contributed by atoms with Crippen molar-refractivity contribution in [3.8, 4) is 22.7 Å². The van der Waals surface area contributed by atoms with Gasteiger partial charge in [0.15, 0.2) is 5.76 Å². The fraction of sp³-hybridized carbons (Fsp3) is 0.312. The summed E-state index contributed by atoms with van der Waals surface area (Å²) >= 11 is 0. The summed E-state index contributed by atoms with van der Waals surface area (Å²) in [6.45, 7) is 34.8. The molecule has 69 heavy (non-hydrogen) atoms. The molecule has 346 valence electrons. The molecule has 0 amide bonds. The third-order valence-electron chi connectivity index (χ3n) is 15.6. The Hall–Kier alpha value is -6.46. The monoisotopic (exact) mass is 904 g/mol. The first-order valence-electron chi connectivity index (χ1n) is 25.2. The molecule has 7 aromatic carbocycles. The minimum Gasteiger partial charge on any atom is -0.454 e. The Labute approximate surface area is 409 Å². The van der Waals surface area contributed by atoms with Gasteiger partial charge in [-0.05, 0) is 127 Å². The number of anilines is 2. The van der Waals surface area contributed by atoms with Crippen molar-refractivity contribution in [2.75, 3.05) is 4.81 Å². The molecule has 0 N–H and O–H groups in total. The van der Waals surface area contributed by atoms with Crippen molar-refractivity contribution in [3.63, 3.8) is 0 Å². The molecule has 12 rings (SSSR count). The molecular weight excluding hydrogens is 838 g/mol. The van der Waals surface area contributed by atoms with Crippen LogP contribution in [0, 0.1) is 0 Å². The zero-order valence-corrected chi connectivity index (χ0v) is 43.5. The number of hydrogen-bond donors (Lipinski definition) is 0. The second kappa shape index (κ2) is 14.1. The minimum atomic E-state index is -0.150. The van der Waals surface area contributed by atoms with Crippen LogP contribution < -0.4 is 15.7 Å². The fourth-order valence-corrected chi connectivity index (χ4v) is 11.8. The van der Waals surface area contributed by atoms with Gasteiger partial charge in [0.1, 0.15) is 5.58 Å². The molecule has 0 unspecified atom stereocenters. The highest BCUT2D eigenvalue weighted by Crippen LogP contribution is 2.52. The zero-order valence-electron chi connectivity index (χ0n) is 43.5. The number of benzene rings is 7. The summed E-state index contributed by atoms with van der Waals surface area (Å²) < 4.78 is 12.7. The Bertz CT molecular complexity index is 3790. The SMILES string of the molecule is CC(C)(C)c1ccc(N2B3c4c(cc(C(C)(C)C)cc4-n4c5ccc6c7cc(C(C)(C)C)ccc7n(-c7ccccc7)c6c5c5cc(C(C)(C)C)cc3c54)-c3oc4c(C(C)(C)C)cccc4c32)cc1. The van der Waals surface area contributed by atoms with Gasteiger partial charge in [0.25, 0.3) is 0 Å². The van der Waals surface area contributed by atoms with E-state index in [9.17, 15) is 0 Å². The van der Waals surface area contributed by atoms with E-state index in [1.165, 1.54) is 99.3 Å². The Balaban J connectivity index is 1.31. The average Bonchev–Trinajstić information content (AvgIpc) is 3.95. The van der Waals surface area contributed by atoms with Crippen molar-refractivity contribution >= 4 is 83.7 Å². The molecule has 3 aromatic heterocycles. The van der Waals surface area contributed by atoms with Crippen molar-refractivity contribution in [2.45, 2.75) is 131 Å². The maximum atomic E-state index is 7.49. The van der Waals surface area contributed by atoms with Gasteiger partial charge in [-0.2, -0.15) is 0 Å². The number of fused-ring (bicyclic) bond motifs is 13. The van der Waals surface area contributed by atoms with E-state index in [-0.39, 0.29) is 33.9 Å². The van der Waals surface area contributed by atoms with Crippen LogP contribution in [0.15, 0.2) is 132 Å². The summed E-state index contributed by atoms with van der Waals surface area (Å²) in [5.41, 5.74) is 20.6. The molecule has 0 saturated carbocycles. The number of rotatable bonds is 2. The Kier molecular flexibility index (Phi) is 8.94. The van der Waals surface area contributed by atoms with E-state index in [1.807, 2.05) is 0 Å². The maximum absolute atomic E-state index is 7.49. The highest BCUT2D eigenvalue weighted by atomic mass is 16.3. The van der Waals surface area contributed by atoms with Crippen LogP contribution in [0.2, 0.25) is 0 Å². The molecule has 4 nitrogen and oxygen atoms in total. The normalized spacial score (nSPS) is 14.2. The molecule has 0 saturated heterocycles. The van der Waals surface area contributed by atoms with Crippen molar-refractivity contribution in [1.29, 1.82) is 0 Å². The van der Waals surface area contributed by atoms with Gasteiger partial charge in [-0.1, -0.05) is 165 Å². The van der Waals surface area contributed by atoms with E-state index >= 15 is 0 Å². The number of aromatic nitrogens is 2. The van der Waals surface area contributed by atoms with Gasteiger partial charge in [0, 0.05) is 55.1 Å². The lowest BCUT2D eigenvalue weighted by atomic mass is 9.43. The topological polar surface area (TPSA) is 26.2 Å². The van der Waals surface area contributed by atoms with Gasteiger partial charge < -0.3 is 18.4 Å². The number of hydrogen-bond acceptors (Lipinski definition) is 2. The summed E-state index contributed by atoms with van der Waals surface area (Å²) in [5.74, 6) is 0.949. The van der Waals surface area contributed by atoms with E-state index in [4.69, 9.17) is 4.42 Å². The molecule has 0 radical (unpaired) electrons. The summed E-state index contributed by atoms with van der Waals surface area (Å²) in [6.07, 6.45) is 0. The Morgan fingerprint density at radius 1 is 0.435 bits per heavy atom. The highest BCUT2D eigenvalue weighted by molar-refractivity contribution is 6.94. The van der Waals surface area contributed by atoms with Gasteiger partial charge in [-0.3, -0.25) is 0 Å². The maximum Gasteiger partial charge on any atom is 0.333 e. The smallest absolute Gasteiger partial charge is 0.333 e.